The Bertz CT molecular complexity index is 1680. The Kier molecular flexibility index (Phi) is 32.3. The van der Waals surface area contributed by atoms with Crippen molar-refractivity contribution in [3.8, 4) is 11.5 Å². The molecule has 4 rings (SSSR count). The van der Waals surface area contributed by atoms with Crippen LogP contribution in [0.3, 0.4) is 0 Å². The summed E-state index contributed by atoms with van der Waals surface area (Å²) in [6, 6.07) is 11.8. The van der Waals surface area contributed by atoms with Gasteiger partial charge in [-0.05, 0) is 93.0 Å². The second kappa shape index (κ2) is 31.7. The fraction of sp³-hybridized carbons (Fsp3) is 0.393. The summed E-state index contributed by atoms with van der Waals surface area (Å²) in [5.74, 6) is 3.25. The van der Waals surface area contributed by atoms with Crippen LogP contribution in [0.4, 0.5) is 0 Å². The quantitative estimate of drug-likeness (QED) is 0.244. The van der Waals surface area contributed by atoms with Crippen molar-refractivity contribution < 1.29 is 19.4 Å². The zero-order chi connectivity index (χ0) is 34.0. The number of rotatable bonds is 10. The smallest absolute Gasteiger partial charge is 0.152 e. The first-order chi connectivity index (χ1) is 22.3. The molecular formula is C28H34Br2O4S13. The van der Waals surface area contributed by atoms with E-state index in [1.807, 2.05) is 42.5 Å². The van der Waals surface area contributed by atoms with Crippen LogP contribution in [-0.2, 0) is 129 Å². The minimum Gasteiger partial charge on any atom is -0.493 e. The Morgan fingerprint density at radius 1 is 0.766 bits per heavy atom. The predicted octanol–water partition coefficient (Wildman–Crippen LogP) is 7.69. The summed E-state index contributed by atoms with van der Waals surface area (Å²) >= 11 is 25.0. The van der Waals surface area contributed by atoms with E-state index in [0.717, 1.165) is 56.6 Å². The van der Waals surface area contributed by atoms with Crippen LogP contribution in [0.5, 0.6) is 11.5 Å². The molecule has 262 valence electrons. The average Bonchev–Trinajstić information content (AvgIpc) is 3.98. The number of aliphatic hydroxyl groups excluding tert-OH is 1. The molecule has 47 heavy (non-hydrogen) atoms. The number of carbonyl (C=O) groups excluding carboxylic acids is 1. The van der Waals surface area contributed by atoms with E-state index in [1.54, 1.807) is 51.8 Å². The first-order valence-corrected chi connectivity index (χ1v) is 29.3. The van der Waals surface area contributed by atoms with E-state index in [1.165, 1.54) is 79.0 Å². The highest BCUT2D eigenvalue weighted by atomic mass is 79.9. The van der Waals surface area contributed by atoms with Gasteiger partial charge in [-0.25, -0.2) is 0 Å². The SMILES string of the molecule is C.CC(=O)/C=C/c1cc(Br)ccc1OCC1CC1.OC/C=C/c1cc(Br)ccc1OCC1CC1.S=S=S=S=S=S.S=S=S=S=S=S=S. The summed E-state index contributed by atoms with van der Waals surface area (Å²) in [4.78, 5) is 11.0. The lowest BCUT2D eigenvalue weighted by Crippen LogP contribution is -2.00. The lowest BCUT2D eigenvalue weighted by Gasteiger charge is -2.09. The summed E-state index contributed by atoms with van der Waals surface area (Å²) in [6.45, 7) is 3.18. The van der Waals surface area contributed by atoms with Gasteiger partial charge < -0.3 is 14.6 Å². The van der Waals surface area contributed by atoms with Crippen molar-refractivity contribution in [1.29, 1.82) is 0 Å². The van der Waals surface area contributed by atoms with Gasteiger partial charge in [0.25, 0.3) is 0 Å². The number of ketones is 1. The minimum atomic E-state index is 0. The van der Waals surface area contributed by atoms with E-state index in [2.05, 4.69) is 76.6 Å². The average molecular weight is 1010 g/mol. The number of hydrogen-bond donors (Lipinski definition) is 1. The molecule has 2 aliphatic rings. The molecule has 2 aromatic carbocycles. The molecule has 0 bridgehead atoms. The van der Waals surface area contributed by atoms with E-state index >= 15 is 0 Å². The monoisotopic (exact) mass is 1010 g/mol. The van der Waals surface area contributed by atoms with Crippen LogP contribution in [0.15, 0.2) is 57.5 Å². The molecule has 2 saturated carbocycles. The van der Waals surface area contributed by atoms with E-state index in [4.69, 9.17) is 14.6 Å². The van der Waals surface area contributed by atoms with Gasteiger partial charge in [-0.3, -0.25) is 4.79 Å². The van der Waals surface area contributed by atoms with Crippen molar-refractivity contribution in [2.45, 2.75) is 40.0 Å². The summed E-state index contributed by atoms with van der Waals surface area (Å²) in [5.41, 5.74) is 1.94. The molecule has 19 heteroatoms. The maximum atomic E-state index is 11.0. The zero-order valence-corrected chi connectivity index (χ0v) is 37.9. The fourth-order valence-electron chi connectivity index (χ4n) is 2.99. The first-order valence-electron chi connectivity index (χ1n) is 13.1. The summed E-state index contributed by atoms with van der Waals surface area (Å²) in [5, 5.41) is 8.78. The van der Waals surface area contributed by atoms with Gasteiger partial charge >= 0.3 is 0 Å². The highest BCUT2D eigenvalue weighted by Crippen LogP contribution is 2.32. The Hall–Kier alpha value is 0.970. The maximum Gasteiger partial charge on any atom is 0.152 e. The second-order valence-electron chi connectivity index (χ2n) is 9.01. The summed E-state index contributed by atoms with van der Waals surface area (Å²) < 4.78 is 13.5. The standard InChI is InChI=1S/C14H15BrO2.C13H15BrO2.CH4.S7.S6/c1-10(16)2-5-12-8-13(15)6-7-14(12)17-9-11-3-4-11;14-12-5-6-13(16-9-10-3-4-10)11(8-12)2-1-7-15;;1-3-5-7-6-4-2;1-3-5-6-4-2/h2,5-8,11H,3-4,9H2,1H3;1-2,5-6,8,10,15H,3-4,7,9H2;1H4;;/b5-2+;2-1+;;;. The molecule has 2 aromatic rings. The number of carbonyl (C=O) groups is 1. The molecule has 0 heterocycles. The summed E-state index contributed by atoms with van der Waals surface area (Å²) in [6.07, 6.45) is 12.1. The molecule has 0 unspecified atom stereocenters. The van der Waals surface area contributed by atoms with E-state index in [-0.39, 0.29) is 19.8 Å². The first kappa shape index (κ1) is 48.0. The molecule has 0 aromatic heterocycles. The Labute approximate surface area is 341 Å². The number of ether oxygens (including phenoxy) is 2. The maximum absolute atomic E-state index is 11.0. The number of hydrogen-bond acceptors (Lipinski definition) is 8. The van der Waals surface area contributed by atoms with Crippen molar-refractivity contribution in [2.75, 3.05) is 19.8 Å². The normalized spacial score (nSPS) is 12.5. The molecule has 0 aliphatic heterocycles. The van der Waals surface area contributed by atoms with Gasteiger partial charge in [-0.15, -0.1) is 0 Å². The molecular weight excluding hydrogens is 977 g/mol. The van der Waals surface area contributed by atoms with E-state index in [9.17, 15) is 4.79 Å². The summed E-state index contributed by atoms with van der Waals surface area (Å²) in [7, 11) is 13.0. The lowest BCUT2D eigenvalue weighted by molar-refractivity contribution is -0.112. The van der Waals surface area contributed by atoms with Crippen molar-refractivity contribution in [3.05, 3.63) is 68.6 Å². The van der Waals surface area contributed by atoms with Gasteiger partial charge in [-0.2, -0.15) is 0 Å². The van der Waals surface area contributed by atoms with Crippen LogP contribution in [0.2, 0.25) is 0 Å². The molecule has 0 amide bonds. The van der Waals surface area contributed by atoms with Gasteiger partial charge in [0.1, 0.15) is 11.5 Å². The number of allylic oxidation sites excluding steroid dienone is 1. The minimum absolute atomic E-state index is 0. The van der Waals surface area contributed by atoms with E-state index < -0.39 is 0 Å². The molecule has 4 nitrogen and oxygen atoms in total. The van der Waals surface area contributed by atoms with Gasteiger partial charge in [0.2, 0.25) is 0 Å². The zero-order valence-electron chi connectivity index (χ0n) is 24.1. The third-order valence-corrected chi connectivity index (χ3v) is 21.9. The van der Waals surface area contributed by atoms with Crippen LogP contribution in [0, 0.1) is 11.8 Å². The van der Waals surface area contributed by atoms with E-state index in [0.29, 0.717) is 0 Å². The molecule has 0 atom stereocenters. The van der Waals surface area contributed by atoms with Gasteiger partial charge in [0.05, 0.1) is 19.8 Å². The Balaban J connectivity index is 0.000000653. The van der Waals surface area contributed by atoms with Gasteiger partial charge in [-0.1, -0.05) is 51.4 Å². The number of aliphatic hydroxyl groups is 1. The highest BCUT2D eigenvalue weighted by Gasteiger charge is 2.23. The largest absolute Gasteiger partial charge is 0.493 e. The molecule has 0 saturated heterocycles. The molecule has 1 N–H and O–H groups in total. The van der Waals surface area contributed by atoms with Crippen LogP contribution < -0.4 is 9.47 Å². The third-order valence-electron chi connectivity index (χ3n) is 5.38. The van der Waals surface area contributed by atoms with Gasteiger partial charge in [0.15, 0.2) is 5.78 Å². The molecule has 0 radical (unpaired) electrons. The Morgan fingerprint density at radius 2 is 1.17 bits per heavy atom. The third kappa shape index (κ3) is 27.3. The second-order valence-corrected chi connectivity index (χ2v) is 26.8. The van der Waals surface area contributed by atoms with Crippen molar-refractivity contribution in [3.63, 3.8) is 0 Å². The molecule has 2 aliphatic carbocycles. The molecule has 0 spiro atoms. The van der Waals surface area contributed by atoms with Crippen molar-refractivity contribution in [1.82, 2.24) is 0 Å². The fourth-order valence-corrected chi connectivity index (χ4v) is 17.5. The molecule has 2 fully saturated rings. The lowest BCUT2D eigenvalue weighted by atomic mass is 10.1. The number of halogens is 2. The van der Waals surface area contributed by atoms with Crippen LogP contribution in [0.25, 0.3) is 12.2 Å². The van der Waals surface area contributed by atoms with Crippen LogP contribution in [0.1, 0.15) is 51.2 Å². The predicted molar refractivity (Wildman–Crippen MR) is 243 cm³/mol. The highest BCUT2D eigenvalue weighted by molar-refractivity contribution is 9.10. The number of benzene rings is 2. The Morgan fingerprint density at radius 3 is 1.53 bits per heavy atom. The van der Waals surface area contributed by atoms with Crippen molar-refractivity contribution in [2.24, 2.45) is 11.8 Å². The van der Waals surface area contributed by atoms with Crippen LogP contribution in [-0.4, -0.2) is 30.7 Å². The van der Waals surface area contributed by atoms with Gasteiger partial charge in [0, 0.05) is 145 Å². The van der Waals surface area contributed by atoms with Crippen molar-refractivity contribution >= 4 is 174 Å². The topological polar surface area (TPSA) is 55.8 Å². The van der Waals surface area contributed by atoms with Crippen LogP contribution >= 0.6 is 31.9 Å².